The molecule has 19 heavy (non-hydrogen) atoms. The summed E-state index contributed by atoms with van der Waals surface area (Å²) in [6.45, 7) is 2.01. The average Bonchev–Trinajstić information content (AvgIpc) is 2.38. The first-order valence-corrected chi connectivity index (χ1v) is 6.37. The average molecular weight is 275 g/mol. The zero-order valence-corrected chi connectivity index (χ0v) is 11.4. The number of rotatable bonds is 4. The molecule has 2 aromatic rings. The third kappa shape index (κ3) is 4.30. The van der Waals surface area contributed by atoms with E-state index >= 15 is 0 Å². The van der Waals surface area contributed by atoms with Crippen molar-refractivity contribution in [2.75, 3.05) is 5.43 Å². The number of amides is 1. The van der Waals surface area contributed by atoms with Crippen molar-refractivity contribution in [1.29, 1.82) is 0 Å². The van der Waals surface area contributed by atoms with Gasteiger partial charge in [0.1, 0.15) is 0 Å². The SMILES string of the molecule is Cc1cccc(CC(=O)NNc2ccc(Cl)cc2)c1. The number of hydrogen-bond acceptors (Lipinski definition) is 2. The third-order valence-electron chi connectivity index (χ3n) is 2.64. The highest BCUT2D eigenvalue weighted by Gasteiger charge is 2.03. The maximum atomic E-state index is 11.8. The second-order valence-electron chi connectivity index (χ2n) is 4.35. The van der Waals surface area contributed by atoms with Gasteiger partial charge < -0.3 is 0 Å². The minimum Gasteiger partial charge on any atom is -0.299 e. The van der Waals surface area contributed by atoms with Crippen LogP contribution in [0.3, 0.4) is 0 Å². The van der Waals surface area contributed by atoms with Crippen molar-refractivity contribution < 1.29 is 4.79 Å². The summed E-state index contributed by atoms with van der Waals surface area (Å²) in [5.74, 6) is -0.0828. The Balaban J connectivity index is 1.86. The van der Waals surface area contributed by atoms with E-state index in [1.165, 1.54) is 0 Å². The number of carbonyl (C=O) groups excluding carboxylic acids is 1. The lowest BCUT2D eigenvalue weighted by Gasteiger charge is -2.08. The number of anilines is 1. The van der Waals surface area contributed by atoms with Crippen LogP contribution in [0.15, 0.2) is 48.5 Å². The lowest BCUT2D eigenvalue weighted by atomic mass is 10.1. The standard InChI is InChI=1S/C15H15ClN2O/c1-11-3-2-4-12(9-11)10-15(19)18-17-14-7-5-13(16)6-8-14/h2-9,17H,10H2,1H3,(H,18,19). The monoisotopic (exact) mass is 274 g/mol. The molecule has 0 saturated heterocycles. The smallest absolute Gasteiger partial charge is 0.242 e. The van der Waals surface area contributed by atoms with Gasteiger partial charge in [-0.1, -0.05) is 41.4 Å². The van der Waals surface area contributed by atoms with E-state index in [-0.39, 0.29) is 5.91 Å². The number of benzene rings is 2. The Morgan fingerprint density at radius 3 is 2.58 bits per heavy atom. The molecule has 0 atom stereocenters. The molecular formula is C15H15ClN2O. The van der Waals surface area contributed by atoms with E-state index in [2.05, 4.69) is 10.9 Å². The van der Waals surface area contributed by atoms with Gasteiger partial charge in [-0.05, 0) is 36.8 Å². The van der Waals surface area contributed by atoms with E-state index in [4.69, 9.17) is 11.6 Å². The first-order valence-electron chi connectivity index (χ1n) is 5.99. The maximum Gasteiger partial charge on any atom is 0.242 e. The summed E-state index contributed by atoms with van der Waals surface area (Å²) >= 11 is 5.78. The molecule has 2 aromatic carbocycles. The molecule has 0 radical (unpaired) electrons. The molecule has 0 fully saturated rings. The second-order valence-corrected chi connectivity index (χ2v) is 4.78. The van der Waals surface area contributed by atoms with Gasteiger partial charge in [0.05, 0.1) is 12.1 Å². The Bertz CT molecular complexity index is 567. The number of hydrazine groups is 1. The van der Waals surface area contributed by atoms with Crippen molar-refractivity contribution in [3.05, 3.63) is 64.7 Å². The molecule has 0 heterocycles. The summed E-state index contributed by atoms with van der Waals surface area (Å²) < 4.78 is 0. The van der Waals surface area contributed by atoms with Crippen molar-refractivity contribution in [2.45, 2.75) is 13.3 Å². The fourth-order valence-electron chi connectivity index (χ4n) is 1.73. The van der Waals surface area contributed by atoms with Crippen LogP contribution in [0.4, 0.5) is 5.69 Å². The molecular weight excluding hydrogens is 260 g/mol. The van der Waals surface area contributed by atoms with E-state index in [0.29, 0.717) is 11.4 Å². The van der Waals surface area contributed by atoms with Crippen LogP contribution in [0.1, 0.15) is 11.1 Å². The summed E-state index contributed by atoms with van der Waals surface area (Å²) in [7, 11) is 0. The first-order chi connectivity index (χ1) is 9.13. The van der Waals surface area contributed by atoms with E-state index in [0.717, 1.165) is 16.8 Å². The highest BCUT2D eigenvalue weighted by Crippen LogP contribution is 2.12. The van der Waals surface area contributed by atoms with Crippen molar-refractivity contribution in [3.63, 3.8) is 0 Å². The van der Waals surface area contributed by atoms with Crippen LogP contribution < -0.4 is 10.9 Å². The van der Waals surface area contributed by atoms with Crippen molar-refractivity contribution in [1.82, 2.24) is 5.43 Å². The highest BCUT2D eigenvalue weighted by molar-refractivity contribution is 6.30. The number of nitrogens with one attached hydrogen (secondary N) is 2. The van der Waals surface area contributed by atoms with Gasteiger partial charge in [-0.2, -0.15) is 0 Å². The van der Waals surface area contributed by atoms with E-state index < -0.39 is 0 Å². The fourth-order valence-corrected chi connectivity index (χ4v) is 1.85. The van der Waals surface area contributed by atoms with Crippen LogP contribution in [-0.2, 0) is 11.2 Å². The fraction of sp³-hybridized carbons (Fsp3) is 0.133. The van der Waals surface area contributed by atoms with E-state index in [9.17, 15) is 4.79 Å². The Labute approximate surface area is 117 Å². The van der Waals surface area contributed by atoms with Gasteiger partial charge in [-0.15, -0.1) is 0 Å². The van der Waals surface area contributed by atoms with Gasteiger partial charge in [0.15, 0.2) is 0 Å². The highest BCUT2D eigenvalue weighted by atomic mass is 35.5. The predicted molar refractivity (Wildman–Crippen MR) is 78.1 cm³/mol. The van der Waals surface area contributed by atoms with Crippen LogP contribution in [0.25, 0.3) is 0 Å². The van der Waals surface area contributed by atoms with Gasteiger partial charge in [0.2, 0.25) is 5.91 Å². The number of carbonyl (C=O) groups is 1. The lowest BCUT2D eigenvalue weighted by Crippen LogP contribution is -2.30. The molecule has 4 heteroatoms. The van der Waals surface area contributed by atoms with Gasteiger partial charge in [0, 0.05) is 5.02 Å². The lowest BCUT2D eigenvalue weighted by molar-refractivity contribution is -0.119. The Hall–Kier alpha value is -2.00. The number of hydrogen-bond donors (Lipinski definition) is 2. The molecule has 0 aliphatic carbocycles. The Morgan fingerprint density at radius 1 is 1.16 bits per heavy atom. The van der Waals surface area contributed by atoms with Crippen LogP contribution in [0, 0.1) is 6.92 Å². The van der Waals surface area contributed by atoms with Gasteiger partial charge in [-0.25, -0.2) is 0 Å². The van der Waals surface area contributed by atoms with Crippen molar-refractivity contribution in [3.8, 4) is 0 Å². The molecule has 0 aliphatic heterocycles. The van der Waals surface area contributed by atoms with Crippen LogP contribution in [-0.4, -0.2) is 5.91 Å². The molecule has 2 N–H and O–H groups in total. The summed E-state index contributed by atoms with van der Waals surface area (Å²) in [4.78, 5) is 11.8. The first kappa shape index (κ1) is 13.4. The number of halogens is 1. The quantitative estimate of drug-likeness (QED) is 0.840. The third-order valence-corrected chi connectivity index (χ3v) is 2.89. The molecule has 0 aromatic heterocycles. The van der Waals surface area contributed by atoms with Gasteiger partial charge in [0.25, 0.3) is 0 Å². The Morgan fingerprint density at radius 2 is 1.89 bits per heavy atom. The minimum atomic E-state index is -0.0828. The topological polar surface area (TPSA) is 41.1 Å². The number of aryl methyl sites for hydroxylation is 1. The second kappa shape index (κ2) is 6.25. The Kier molecular flexibility index (Phi) is 4.42. The van der Waals surface area contributed by atoms with Crippen molar-refractivity contribution >= 4 is 23.2 Å². The van der Waals surface area contributed by atoms with Crippen LogP contribution >= 0.6 is 11.6 Å². The molecule has 3 nitrogen and oxygen atoms in total. The van der Waals surface area contributed by atoms with E-state index in [1.54, 1.807) is 24.3 Å². The zero-order valence-electron chi connectivity index (χ0n) is 10.6. The maximum absolute atomic E-state index is 11.8. The molecule has 0 spiro atoms. The molecule has 0 aliphatic rings. The van der Waals surface area contributed by atoms with Crippen molar-refractivity contribution in [2.24, 2.45) is 0 Å². The predicted octanol–water partition coefficient (Wildman–Crippen LogP) is 3.33. The van der Waals surface area contributed by atoms with Crippen LogP contribution in [0.2, 0.25) is 5.02 Å². The summed E-state index contributed by atoms with van der Waals surface area (Å²) in [5, 5.41) is 0.664. The molecule has 98 valence electrons. The van der Waals surface area contributed by atoms with Crippen LogP contribution in [0.5, 0.6) is 0 Å². The molecule has 0 bridgehead atoms. The van der Waals surface area contributed by atoms with Gasteiger partial charge >= 0.3 is 0 Å². The normalized spacial score (nSPS) is 10.0. The molecule has 0 unspecified atom stereocenters. The summed E-state index contributed by atoms with van der Waals surface area (Å²) in [5.41, 5.74) is 8.44. The summed E-state index contributed by atoms with van der Waals surface area (Å²) in [6, 6.07) is 15.0. The minimum absolute atomic E-state index is 0.0828. The summed E-state index contributed by atoms with van der Waals surface area (Å²) in [6.07, 6.45) is 0.349. The van der Waals surface area contributed by atoms with Gasteiger partial charge in [-0.3, -0.25) is 15.6 Å². The zero-order chi connectivity index (χ0) is 13.7. The van der Waals surface area contributed by atoms with E-state index in [1.807, 2.05) is 31.2 Å². The molecule has 0 saturated carbocycles. The molecule has 2 rings (SSSR count). The molecule has 1 amide bonds. The largest absolute Gasteiger partial charge is 0.299 e.